The van der Waals surface area contributed by atoms with Crippen molar-refractivity contribution in [3.63, 3.8) is 0 Å². The van der Waals surface area contributed by atoms with Crippen LogP contribution in [-0.4, -0.2) is 18.1 Å². The van der Waals surface area contributed by atoms with Crippen molar-refractivity contribution in [1.82, 2.24) is 4.98 Å². The predicted octanol–water partition coefficient (Wildman–Crippen LogP) is 2.08. The van der Waals surface area contributed by atoms with E-state index in [1.807, 2.05) is 0 Å². The fraction of sp³-hybridized carbons (Fsp3) is 0.333. The highest BCUT2D eigenvalue weighted by molar-refractivity contribution is 9.10. The van der Waals surface area contributed by atoms with E-state index < -0.39 is 12.4 Å². The predicted molar refractivity (Wildman–Crippen MR) is 57.0 cm³/mol. The van der Waals surface area contributed by atoms with Crippen LogP contribution in [0.25, 0.3) is 0 Å². The molecule has 2 N–H and O–H groups in total. The van der Waals surface area contributed by atoms with Crippen molar-refractivity contribution < 1.29 is 18.3 Å². The number of nitrogens with two attached hydrogens (primary N) is 1. The average molecular weight is 295 g/mol. The topological polar surface area (TPSA) is 65.2 Å². The number of rotatable bonds is 3. The summed E-state index contributed by atoms with van der Waals surface area (Å²) in [6, 6.07) is 1.10. The summed E-state index contributed by atoms with van der Waals surface area (Å²) in [5.74, 6) is -0.551. The zero-order chi connectivity index (χ0) is 12.3. The molecule has 0 saturated carbocycles. The Morgan fingerprint density at radius 2 is 2.31 bits per heavy atom. The lowest BCUT2D eigenvalue weighted by Crippen LogP contribution is -2.08. The van der Waals surface area contributed by atoms with Gasteiger partial charge in [0.05, 0.1) is 24.9 Å². The van der Waals surface area contributed by atoms with Gasteiger partial charge in [-0.3, -0.25) is 4.79 Å². The lowest BCUT2D eigenvalue weighted by atomic mass is 10.1. The number of alkyl halides is 2. The molecule has 0 unspecified atom stereocenters. The lowest BCUT2D eigenvalue weighted by Gasteiger charge is -2.08. The van der Waals surface area contributed by atoms with Crippen LogP contribution < -0.4 is 5.73 Å². The second-order valence-corrected chi connectivity index (χ2v) is 3.71. The normalized spacial score (nSPS) is 10.6. The first kappa shape index (κ1) is 12.8. The Kier molecular flexibility index (Phi) is 4.17. The number of hydrogen-bond acceptors (Lipinski definition) is 4. The van der Waals surface area contributed by atoms with Gasteiger partial charge in [-0.1, -0.05) is 0 Å². The third-order valence-electron chi connectivity index (χ3n) is 1.89. The van der Waals surface area contributed by atoms with Crippen LogP contribution in [0.4, 0.5) is 14.5 Å². The first-order valence-electron chi connectivity index (χ1n) is 4.25. The van der Waals surface area contributed by atoms with Crippen LogP contribution in [-0.2, 0) is 16.0 Å². The van der Waals surface area contributed by atoms with Crippen LogP contribution in [0, 0.1) is 0 Å². The molecule has 0 radical (unpaired) electrons. The molecule has 16 heavy (non-hydrogen) atoms. The smallest absolute Gasteiger partial charge is 0.311 e. The largest absolute Gasteiger partial charge is 0.469 e. The molecule has 0 saturated heterocycles. The lowest BCUT2D eigenvalue weighted by molar-refractivity contribution is -0.139. The maximum atomic E-state index is 12.6. The molecule has 0 atom stereocenters. The van der Waals surface area contributed by atoms with Crippen LogP contribution in [0.1, 0.15) is 17.7 Å². The summed E-state index contributed by atoms with van der Waals surface area (Å²) in [6.07, 6.45) is -2.88. The number of anilines is 1. The van der Waals surface area contributed by atoms with Crippen molar-refractivity contribution in [2.24, 2.45) is 0 Å². The highest BCUT2D eigenvalue weighted by Gasteiger charge is 2.17. The van der Waals surface area contributed by atoms with Gasteiger partial charge in [-0.15, -0.1) is 0 Å². The van der Waals surface area contributed by atoms with E-state index in [1.54, 1.807) is 0 Å². The van der Waals surface area contributed by atoms with Gasteiger partial charge in [0, 0.05) is 5.56 Å². The molecule has 0 spiro atoms. The Bertz CT molecular complexity index is 413. The fourth-order valence-corrected chi connectivity index (χ4v) is 1.54. The molecule has 0 aliphatic heterocycles. The summed E-state index contributed by atoms with van der Waals surface area (Å²) in [5.41, 5.74) is 5.13. The molecule has 0 aliphatic carbocycles. The van der Waals surface area contributed by atoms with Gasteiger partial charge >= 0.3 is 5.97 Å². The van der Waals surface area contributed by atoms with Gasteiger partial charge in [0.25, 0.3) is 6.43 Å². The third kappa shape index (κ3) is 2.88. The van der Waals surface area contributed by atoms with Crippen LogP contribution in [0.15, 0.2) is 10.7 Å². The van der Waals surface area contributed by atoms with E-state index in [-0.39, 0.29) is 28.0 Å². The van der Waals surface area contributed by atoms with Gasteiger partial charge in [-0.2, -0.15) is 0 Å². The number of esters is 1. The molecule has 0 bridgehead atoms. The minimum Gasteiger partial charge on any atom is -0.469 e. The Hall–Kier alpha value is -1.24. The number of carbonyl (C=O) groups is 1. The standard InChI is InChI=1S/C9H9BrF2N2O2/c1-16-6(15)3-4-2-5(9(11)12)7(13)8(10)14-4/h2,9H,3,13H2,1H3. The summed E-state index contributed by atoms with van der Waals surface area (Å²) in [4.78, 5) is 14.8. The van der Waals surface area contributed by atoms with Gasteiger partial charge in [0.2, 0.25) is 0 Å². The first-order valence-corrected chi connectivity index (χ1v) is 5.04. The second-order valence-electron chi connectivity index (χ2n) is 2.96. The van der Waals surface area contributed by atoms with Crippen LogP contribution >= 0.6 is 15.9 Å². The number of methoxy groups -OCH3 is 1. The molecule has 7 heteroatoms. The van der Waals surface area contributed by atoms with E-state index >= 15 is 0 Å². The third-order valence-corrected chi connectivity index (χ3v) is 2.49. The average Bonchev–Trinajstić information content (AvgIpc) is 2.22. The molecule has 0 aromatic carbocycles. The number of aromatic nitrogens is 1. The number of nitrogen functional groups attached to an aromatic ring is 1. The molecular formula is C9H9BrF2N2O2. The maximum absolute atomic E-state index is 12.6. The van der Waals surface area contributed by atoms with Crippen LogP contribution in [0.2, 0.25) is 0 Å². The van der Waals surface area contributed by atoms with Crippen molar-refractivity contribution in [2.75, 3.05) is 12.8 Å². The monoisotopic (exact) mass is 294 g/mol. The van der Waals surface area contributed by atoms with Crippen molar-refractivity contribution in [3.8, 4) is 0 Å². The summed E-state index contributed by atoms with van der Waals surface area (Å²) in [6.45, 7) is 0. The number of hydrogen-bond donors (Lipinski definition) is 1. The van der Waals surface area contributed by atoms with E-state index in [4.69, 9.17) is 5.73 Å². The molecule has 0 fully saturated rings. The Balaban J connectivity index is 3.09. The minimum absolute atomic E-state index is 0.101. The summed E-state index contributed by atoms with van der Waals surface area (Å²) >= 11 is 2.96. The quantitative estimate of drug-likeness (QED) is 0.685. The van der Waals surface area contributed by atoms with E-state index in [1.165, 1.54) is 7.11 Å². The van der Waals surface area contributed by atoms with E-state index in [0.29, 0.717) is 0 Å². The van der Waals surface area contributed by atoms with E-state index in [2.05, 4.69) is 25.7 Å². The molecule has 1 rings (SSSR count). The van der Waals surface area contributed by atoms with Crippen molar-refractivity contribution in [3.05, 3.63) is 21.9 Å². The Morgan fingerprint density at radius 1 is 1.69 bits per heavy atom. The molecule has 1 heterocycles. The molecular weight excluding hydrogens is 286 g/mol. The summed E-state index contributed by atoms with van der Waals surface area (Å²) < 4.78 is 29.6. The van der Waals surface area contributed by atoms with Crippen molar-refractivity contribution in [2.45, 2.75) is 12.8 Å². The second kappa shape index (κ2) is 5.20. The van der Waals surface area contributed by atoms with Gasteiger partial charge in [0.1, 0.15) is 4.60 Å². The van der Waals surface area contributed by atoms with Crippen molar-refractivity contribution >= 4 is 27.6 Å². The molecule has 1 aromatic heterocycles. The van der Waals surface area contributed by atoms with Crippen LogP contribution in [0.5, 0.6) is 0 Å². The zero-order valence-corrected chi connectivity index (χ0v) is 9.92. The molecule has 1 aromatic rings. The highest BCUT2D eigenvalue weighted by Crippen LogP contribution is 2.30. The number of pyridine rings is 1. The highest BCUT2D eigenvalue weighted by atomic mass is 79.9. The maximum Gasteiger partial charge on any atom is 0.311 e. The van der Waals surface area contributed by atoms with E-state index in [9.17, 15) is 13.6 Å². The van der Waals surface area contributed by atoms with Gasteiger partial charge in [0.15, 0.2) is 0 Å². The number of carbonyl (C=O) groups excluding carboxylic acids is 1. The molecule has 88 valence electrons. The van der Waals surface area contributed by atoms with Gasteiger partial charge in [-0.05, 0) is 22.0 Å². The Labute approximate surface area is 98.9 Å². The van der Waals surface area contributed by atoms with Crippen molar-refractivity contribution in [1.29, 1.82) is 0 Å². The SMILES string of the molecule is COC(=O)Cc1cc(C(F)F)c(N)c(Br)n1. The van der Waals surface area contributed by atoms with Gasteiger partial charge < -0.3 is 10.5 Å². The fourth-order valence-electron chi connectivity index (χ4n) is 1.09. The zero-order valence-electron chi connectivity index (χ0n) is 8.34. The number of ether oxygens (including phenoxy) is 1. The number of halogens is 3. The summed E-state index contributed by atoms with van der Waals surface area (Å²) in [7, 11) is 1.21. The van der Waals surface area contributed by atoms with Gasteiger partial charge in [-0.25, -0.2) is 13.8 Å². The minimum atomic E-state index is -2.71. The Morgan fingerprint density at radius 3 is 2.81 bits per heavy atom. The molecule has 4 nitrogen and oxygen atoms in total. The summed E-state index contributed by atoms with van der Waals surface area (Å²) in [5, 5.41) is 0. The number of nitrogens with zero attached hydrogens (tertiary/aromatic N) is 1. The molecule has 0 amide bonds. The molecule has 0 aliphatic rings. The van der Waals surface area contributed by atoms with E-state index in [0.717, 1.165) is 6.07 Å². The first-order chi connectivity index (χ1) is 7.45. The van der Waals surface area contributed by atoms with Crippen LogP contribution in [0.3, 0.4) is 0 Å².